The number of carbonyl (C=O) groups is 2. The van der Waals surface area contributed by atoms with Crippen LogP contribution in [0.2, 0.25) is 10.0 Å². The van der Waals surface area contributed by atoms with Crippen LogP contribution in [0.15, 0.2) is 108 Å². The highest BCUT2D eigenvalue weighted by atomic mass is 35.5. The van der Waals surface area contributed by atoms with Crippen molar-refractivity contribution in [2.45, 2.75) is 70.0 Å². The van der Waals surface area contributed by atoms with Crippen LogP contribution in [0.1, 0.15) is 57.2 Å². The van der Waals surface area contributed by atoms with Crippen molar-refractivity contribution in [3.8, 4) is 0 Å². The molecule has 0 spiro atoms. The zero-order chi connectivity index (χ0) is 34.4. The van der Waals surface area contributed by atoms with Crippen LogP contribution < -0.4 is 9.62 Å². The lowest BCUT2D eigenvalue weighted by Crippen LogP contribution is -2.56. The third kappa shape index (κ3) is 9.60. The van der Waals surface area contributed by atoms with Crippen LogP contribution in [0.25, 0.3) is 0 Å². The molecular weight excluding hydrogens is 653 g/mol. The summed E-state index contributed by atoms with van der Waals surface area (Å²) in [5.74, 6) is -0.700. The van der Waals surface area contributed by atoms with Gasteiger partial charge >= 0.3 is 0 Å². The number of rotatable bonds is 12. The molecule has 4 aromatic carbocycles. The van der Waals surface area contributed by atoms with Crippen molar-refractivity contribution >= 4 is 50.7 Å². The first-order valence-corrected chi connectivity index (χ1v) is 17.6. The minimum absolute atomic E-state index is 0.0176. The molecule has 1 unspecified atom stereocenters. The fourth-order valence-corrected chi connectivity index (χ4v) is 6.87. The number of sulfonamides is 1. The van der Waals surface area contributed by atoms with Crippen LogP contribution in [-0.2, 0) is 32.6 Å². The maximum Gasteiger partial charge on any atom is 0.264 e. The molecule has 0 fully saturated rings. The number of carbonyl (C=O) groups excluding carboxylic acids is 2. The molecule has 1 N–H and O–H groups in total. The zero-order valence-corrected chi connectivity index (χ0v) is 29.6. The average Bonchev–Trinajstić information content (AvgIpc) is 3.03. The van der Waals surface area contributed by atoms with Gasteiger partial charge in [-0.1, -0.05) is 104 Å². The Kier molecular flexibility index (Phi) is 11.8. The molecule has 0 aliphatic rings. The van der Waals surface area contributed by atoms with Gasteiger partial charge in [0.1, 0.15) is 12.6 Å². The summed E-state index contributed by atoms with van der Waals surface area (Å²) in [6.07, 6.45) is 0.199. The Balaban J connectivity index is 1.83. The maximum atomic E-state index is 14.6. The van der Waals surface area contributed by atoms with E-state index in [1.807, 2.05) is 77.1 Å². The largest absolute Gasteiger partial charge is 0.350 e. The number of halogens is 2. The van der Waals surface area contributed by atoms with Crippen LogP contribution in [0.4, 0.5) is 5.69 Å². The molecule has 248 valence electrons. The molecule has 0 aliphatic heterocycles. The molecule has 0 heterocycles. The number of amides is 2. The van der Waals surface area contributed by atoms with Crippen LogP contribution >= 0.6 is 23.2 Å². The number of benzene rings is 4. The van der Waals surface area contributed by atoms with E-state index in [2.05, 4.69) is 5.32 Å². The Morgan fingerprint density at radius 3 is 1.94 bits per heavy atom. The van der Waals surface area contributed by atoms with Crippen LogP contribution in [0.3, 0.4) is 0 Å². The lowest BCUT2D eigenvalue weighted by atomic mass is 10.0. The summed E-state index contributed by atoms with van der Waals surface area (Å²) in [7, 11) is -4.19. The summed E-state index contributed by atoms with van der Waals surface area (Å²) < 4.78 is 29.5. The topological polar surface area (TPSA) is 86.8 Å². The molecule has 2 amide bonds. The maximum absolute atomic E-state index is 14.6. The molecule has 4 aromatic rings. The van der Waals surface area contributed by atoms with E-state index in [0.29, 0.717) is 21.3 Å². The minimum Gasteiger partial charge on any atom is -0.350 e. The van der Waals surface area contributed by atoms with E-state index in [1.165, 1.54) is 17.0 Å². The first kappa shape index (κ1) is 36.0. The van der Waals surface area contributed by atoms with Gasteiger partial charge in [0.2, 0.25) is 11.8 Å². The zero-order valence-electron chi connectivity index (χ0n) is 27.3. The van der Waals surface area contributed by atoms with Gasteiger partial charge in [-0.3, -0.25) is 13.9 Å². The van der Waals surface area contributed by atoms with Gasteiger partial charge in [-0.05, 0) is 79.8 Å². The van der Waals surface area contributed by atoms with Gasteiger partial charge in [-0.2, -0.15) is 0 Å². The van der Waals surface area contributed by atoms with Gasteiger partial charge in [0.05, 0.1) is 20.6 Å². The second-order valence-corrected chi connectivity index (χ2v) is 15.5. The van der Waals surface area contributed by atoms with Gasteiger partial charge in [0, 0.05) is 18.5 Å². The van der Waals surface area contributed by atoms with Crippen molar-refractivity contribution in [3.63, 3.8) is 0 Å². The molecule has 10 heteroatoms. The Bertz CT molecular complexity index is 1780. The van der Waals surface area contributed by atoms with E-state index < -0.39 is 34.1 Å². The molecule has 0 saturated heterocycles. The highest BCUT2D eigenvalue weighted by molar-refractivity contribution is 7.92. The van der Waals surface area contributed by atoms with E-state index in [4.69, 9.17) is 23.2 Å². The molecule has 4 rings (SSSR count). The van der Waals surface area contributed by atoms with Gasteiger partial charge in [-0.15, -0.1) is 0 Å². The summed E-state index contributed by atoms with van der Waals surface area (Å²) >= 11 is 12.6. The predicted octanol–water partition coefficient (Wildman–Crippen LogP) is 7.87. The normalized spacial score (nSPS) is 12.4. The third-order valence-corrected chi connectivity index (χ3v) is 10.1. The summed E-state index contributed by atoms with van der Waals surface area (Å²) in [6.45, 7) is 9.13. The molecule has 0 bridgehead atoms. The average molecular weight is 695 g/mol. The fourth-order valence-electron chi connectivity index (χ4n) is 5.12. The standard InChI is InChI=1S/C37H41Cl2N3O4S/c1-26(2)29-17-19-30(20-18-29)42(47(45,46)31-14-10-7-11-15-31)25-35(43)41(24-28-16-21-32(38)33(39)22-28)34(36(44)40-37(3,4)5)23-27-12-8-6-9-13-27/h6-22,26,34H,23-25H2,1-5H3,(H,40,44). The summed E-state index contributed by atoms with van der Waals surface area (Å²) in [5, 5.41) is 3.68. The monoisotopic (exact) mass is 693 g/mol. The number of nitrogens with one attached hydrogen (secondary N) is 1. The summed E-state index contributed by atoms with van der Waals surface area (Å²) in [4.78, 5) is 30.1. The third-order valence-electron chi connectivity index (χ3n) is 7.56. The van der Waals surface area contributed by atoms with E-state index >= 15 is 0 Å². The van der Waals surface area contributed by atoms with E-state index in [9.17, 15) is 18.0 Å². The van der Waals surface area contributed by atoms with Crippen molar-refractivity contribution in [2.24, 2.45) is 0 Å². The van der Waals surface area contributed by atoms with Crippen molar-refractivity contribution in [1.29, 1.82) is 0 Å². The number of hydrogen-bond acceptors (Lipinski definition) is 4. The lowest BCUT2D eigenvalue weighted by Gasteiger charge is -2.35. The van der Waals surface area contributed by atoms with Crippen LogP contribution in [0.5, 0.6) is 0 Å². The molecule has 0 aromatic heterocycles. The predicted molar refractivity (Wildman–Crippen MR) is 190 cm³/mol. The van der Waals surface area contributed by atoms with E-state index in [-0.39, 0.29) is 29.7 Å². The van der Waals surface area contributed by atoms with Gasteiger partial charge in [-0.25, -0.2) is 8.42 Å². The van der Waals surface area contributed by atoms with Crippen molar-refractivity contribution < 1.29 is 18.0 Å². The molecule has 7 nitrogen and oxygen atoms in total. The van der Waals surface area contributed by atoms with Crippen LogP contribution in [0, 0.1) is 0 Å². The summed E-state index contributed by atoms with van der Waals surface area (Å²) in [6, 6.07) is 28.6. The van der Waals surface area contributed by atoms with Crippen LogP contribution in [-0.4, -0.2) is 43.3 Å². The fraction of sp³-hybridized carbons (Fsp3) is 0.297. The molecule has 0 aliphatic carbocycles. The highest BCUT2D eigenvalue weighted by Gasteiger charge is 2.35. The smallest absolute Gasteiger partial charge is 0.264 e. The number of nitrogens with zero attached hydrogens (tertiary/aromatic N) is 2. The lowest BCUT2D eigenvalue weighted by molar-refractivity contribution is -0.140. The Morgan fingerprint density at radius 1 is 0.787 bits per heavy atom. The number of hydrogen-bond donors (Lipinski definition) is 1. The first-order valence-electron chi connectivity index (χ1n) is 15.4. The van der Waals surface area contributed by atoms with E-state index in [1.54, 1.807) is 48.5 Å². The Hall–Kier alpha value is -3.85. The second kappa shape index (κ2) is 15.4. The summed E-state index contributed by atoms with van der Waals surface area (Å²) in [5.41, 5.74) is 2.24. The second-order valence-electron chi connectivity index (χ2n) is 12.8. The molecule has 1 atom stereocenters. The molecule has 0 saturated carbocycles. The SMILES string of the molecule is CC(C)c1ccc(N(CC(=O)N(Cc2ccc(Cl)c(Cl)c2)C(Cc2ccccc2)C(=O)NC(C)(C)C)S(=O)(=O)c2ccccc2)cc1. The van der Waals surface area contributed by atoms with Crippen molar-refractivity contribution in [1.82, 2.24) is 10.2 Å². The molecular formula is C37H41Cl2N3O4S. The molecule has 0 radical (unpaired) electrons. The van der Waals surface area contributed by atoms with Gasteiger partial charge < -0.3 is 10.2 Å². The Labute approximate surface area is 288 Å². The van der Waals surface area contributed by atoms with Gasteiger partial charge in [0.25, 0.3) is 10.0 Å². The number of anilines is 1. The minimum atomic E-state index is -4.19. The first-order chi connectivity index (χ1) is 22.2. The van der Waals surface area contributed by atoms with E-state index in [0.717, 1.165) is 15.4 Å². The van der Waals surface area contributed by atoms with Gasteiger partial charge in [0.15, 0.2) is 0 Å². The van der Waals surface area contributed by atoms with Crippen molar-refractivity contribution in [2.75, 3.05) is 10.8 Å². The quantitative estimate of drug-likeness (QED) is 0.164. The Morgan fingerprint density at radius 2 is 1.38 bits per heavy atom. The molecule has 47 heavy (non-hydrogen) atoms. The van der Waals surface area contributed by atoms with Crippen molar-refractivity contribution in [3.05, 3.63) is 130 Å². The highest BCUT2D eigenvalue weighted by Crippen LogP contribution is 2.28.